The standard InChI is InChI=1S/C18H21ClN4O4/c1-11-10-23(15-7-5-4-6-14(15)19)21-16(11)17(25)22(12(2)18(26)27)9-8-20-13(3)24/h4-7,10,12H,8-9H2,1-3H3,(H,20,24)(H,26,27). The Balaban J connectivity index is 2.33. The highest BCUT2D eigenvalue weighted by molar-refractivity contribution is 6.32. The molecule has 1 aromatic carbocycles. The molecule has 27 heavy (non-hydrogen) atoms. The van der Waals surface area contributed by atoms with Crippen LogP contribution >= 0.6 is 11.6 Å². The van der Waals surface area contributed by atoms with E-state index in [9.17, 15) is 19.5 Å². The van der Waals surface area contributed by atoms with Gasteiger partial charge in [-0.2, -0.15) is 5.10 Å². The number of hydrogen-bond donors (Lipinski definition) is 2. The summed E-state index contributed by atoms with van der Waals surface area (Å²) in [7, 11) is 0. The molecule has 0 saturated heterocycles. The number of aliphatic carboxylic acids is 1. The average molecular weight is 393 g/mol. The summed E-state index contributed by atoms with van der Waals surface area (Å²) in [6, 6.07) is 5.98. The van der Waals surface area contributed by atoms with Gasteiger partial charge in [0.2, 0.25) is 5.91 Å². The van der Waals surface area contributed by atoms with E-state index in [1.165, 1.54) is 23.4 Å². The van der Waals surface area contributed by atoms with E-state index in [0.717, 1.165) is 0 Å². The van der Waals surface area contributed by atoms with Crippen LogP contribution in [-0.2, 0) is 9.59 Å². The third-order valence-electron chi connectivity index (χ3n) is 4.01. The van der Waals surface area contributed by atoms with Crippen molar-refractivity contribution in [2.24, 2.45) is 0 Å². The van der Waals surface area contributed by atoms with Gasteiger partial charge in [0.25, 0.3) is 5.91 Å². The molecule has 1 heterocycles. The molecule has 0 bridgehead atoms. The summed E-state index contributed by atoms with van der Waals surface area (Å²) in [6.07, 6.45) is 1.66. The first-order valence-electron chi connectivity index (χ1n) is 8.31. The third kappa shape index (κ3) is 4.85. The van der Waals surface area contributed by atoms with E-state index in [-0.39, 0.29) is 24.7 Å². The predicted octanol–water partition coefficient (Wildman–Crippen LogP) is 1.89. The number of aromatic nitrogens is 2. The zero-order valence-electron chi connectivity index (χ0n) is 15.3. The van der Waals surface area contributed by atoms with E-state index in [2.05, 4.69) is 10.4 Å². The van der Waals surface area contributed by atoms with Crippen LogP contribution < -0.4 is 5.32 Å². The molecule has 2 aromatic rings. The molecular formula is C18H21ClN4O4. The number of benzene rings is 1. The molecule has 8 nitrogen and oxygen atoms in total. The first-order valence-corrected chi connectivity index (χ1v) is 8.69. The van der Waals surface area contributed by atoms with Crippen molar-refractivity contribution in [3.05, 3.63) is 46.7 Å². The molecular weight excluding hydrogens is 372 g/mol. The number of carbonyl (C=O) groups excluding carboxylic acids is 2. The van der Waals surface area contributed by atoms with Crippen LogP contribution in [0, 0.1) is 6.92 Å². The minimum absolute atomic E-state index is 0.0459. The Morgan fingerprint density at radius 2 is 2.00 bits per heavy atom. The molecule has 0 aliphatic carbocycles. The van der Waals surface area contributed by atoms with Crippen LogP contribution in [0.2, 0.25) is 5.02 Å². The number of nitrogens with zero attached hydrogens (tertiary/aromatic N) is 3. The lowest BCUT2D eigenvalue weighted by atomic mass is 10.2. The van der Waals surface area contributed by atoms with Gasteiger partial charge in [0.1, 0.15) is 6.04 Å². The molecule has 1 aromatic heterocycles. The summed E-state index contributed by atoms with van der Waals surface area (Å²) >= 11 is 6.18. The monoisotopic (exact) mass is 392 g/mol. The molecule has 1 unspecified atom stereocenters. The number of rotatable bonds is 7. The molecule has 0 spiro atoms. The molecule has 0 aliphatic rings. The minimum Gasteiger partial charge on any atom is -0.480 e. The van der Waals surface area contributed by atoms with E-state index in [1.807, 2.05) is 0 Å². The van der Waals surface area contributed by atoms with Crippen LogP contribution in [0.4, 0.5) is 0 Å². The Kier molecular flexibility index (Phi) is 6.57. The zero-order chi connectivity index (χ0) is 20.1. The molecule has 0 aliphatic heterocycles. The highest BCUT2D eigenvalue weighted by Gasteiger charge is 2.29. The van der Waals surface area contributed by atoms with Crippen LogP contribution in [0.5, 0.6) is 0 Å². The van der Waals surface area contributed by atoms with Crippen LogP contribution in [0.15, 0.2) is 30.5 Å². The molecule has 144 valence electrons. The van der Waals surface area contributed by atoms with Crippen molar-refractivity contribution in [1.82, 2.24) is 20.0 Å². The molecule has 0 fully saturated rings. The number of carbonyl (C=O) groups is 3. The van der Waals surface area contributed by atoms with Crippen LogP contribution in [0.25, 0.3) is 5.69 Å². The van der Waals surface area contributed by atoms with E-state index in [4.69, 9.17) is 11.6 Å². The van der Waals surface area contributed by atoms with Gasteiger partial charge in [0.15, 0.2) is 5.69 Å². The summed E-state index contributed by atoms with van der Waals surface area (Å²) in [5.74, 6) is -1.93. The number of carboxylic acids is 1. The highest BCUT2D eigenvalue weighted by atomic mass is 35.5. The summed E-state index contributed by atoms with van der Waals surface area (Å²) in [5.41, 5.74) is 1.32. The zero-order valence-corrected chi connectivity index (χ0v) is 16.0. The second-order valence-corrected chi connectivity index (χ2v) is 6.46. The van der Waals surface area contributed by atoms with E-state index < -0.39 is 17.9 Å². The predicted molar refractivity (Wildman–Crippen MR) is 100 cm³/mol. The Morgan fingerprint density at radius 1 is 1.33 bits per heavy atom. The maximum atomic E-state index is 13.0. The minimum atomic E-state index is -1.14. The van der Waals surface area contributed by atoms with Crippen molar-refractivity contribution >= 4 is 29.4 Å². The van der Waals surface area contributed by atoms with Gasteiger partial charge in [-0.05, 0) is 26.0 Å². The molecule has 9 heteroatoms. The second kappa shape index (κ2) is 8.68. The van der Waals surface area contributed by atoms with Gasteiger partial charge in [-0.25, -0.2) is 9.48 Å². The Hall–Kier alpha value is -2.87. The van der Waals surface area contributed by atoms with Gasteiger partial charge in [-0.1, -0.05) is 23.7 Å². The van der Waals surface area contributed by atoms with Gasteiger partial charge in [0.05, 0.1) is 10.7 Å². The van der Waals surface area contributed by atoms with E-state index in [1.54, 1.807) is 37.4 Å². The van der Waals surface area contributed by atoms with Crippen molar-refractivity contribution < 1.29 is 19.5 Å². The Bertz CT molecular complexity index is 865. The van der Waals surface area contributed by atoms with E-state index in [0.29, 0.717) is 16.3 Å². The molecule has 1 atom stereocenters. The Morgan fingerprint density at radius 3 is 2.59 bits per heavy atom. The van der Waals surface area contributed by atoms with Crippen molar-refractivity contribution in [1.29, 1.82) is 0 Å². The average Bonchev–Trinajstić information content (AvgIpc) is 2.99. The fourth-order valence-corrected chi connectivity index (χ4v) is 2.75. The lowest BCUT2D eigenvalue weighted by molar-refractivity contribution is -0.141. The van der Waals surface area contributed by atoms with Crippen molar-refractivity contribution in [2.45, 2.75) is 26.8 Å². The SMILES string of the molecule is CC(=O)NCCN(C(=O)c1nn(-c2ccccc2Cl)cc1C)C(C)C(=O)O. The third-order valence-corrected chi connectivity index (χ3v) is 4.33. The van der Waals surface area contributed by atoms with Crippen LogP contribution in [0.1, 0.15) is 29.9 Å². The highest BCUT2D eigenvalue weighted by Crippen LogP contribution is 2.21. The second-order valence-electron chi connectivity index (χ2n) is 6.05. The summed E-state index contributed by atoms with van der Waals surface area (Å²) in [6.45, 7) is 4.66. The van der Waals surface area contributed by atoms with Gasteiger partial charge in [-0.3, -0.25) is 9.59 Å². The van der Waals surface area contributed by atoms with Gasteiger partial charge < -0.3 is 15.3 Å². The first kappa shape index (κ1) is 20.4. The van der Waals surface area contributed by atoms with Crippen molar-refractivity contribution in [2.75, 3.05) is 13.1 Å². The van der Waals surface area contributed by atoms with Crippen LogP contribution in [-0.4, -0.2) is 56.7 Å². The van der Waals surface area contributed by atoms with Gasteiger partial charge in [0, 0.05) is 31.8 Å². The molecule has 2 amide bonds. The van der Waals surface area contributed by atoms with Crippen LogP contribution in [0.3, 0.4) is 0 Å². The molecule has 0 radical (unpaired) electrons. The maximum Gasteiger partial charge on any atom is 0.326 e. The maximum absolute atomic E-state index is 13.0. The number of amides is 2. The Labute approximate surface area is 161 Å². The molecule has 0 saturated carbocycles. The fourth-order valence-electron chi connectivity index (χ4n) is 2.53. The normalized spacial score (nSPS) is 11.7. The lowest BCUT2D eigenvalue weighted by Crippen LogP contribution is -2.47. The van der Waals surface area contributed by atoms with Gasteiger partial charge >= 0.3 is 5.97 Å². The largest absolute Gasteiger partial charge is 0.480 e. The topological polar surface area (TPSA) is 105 Å². The van der Waals surface area contributed by atoms with Crippen molar-refractivity contribution in [3.63, 3.8) is 0 Å². The summed E-state index contributed by atoms with van der Waals surface area (Å²) in [4.78, 5) is 36.6. The molecule has 2 N–H and O–H groups in total. The van der Waals surface area contributed by atoms with Gasteiger partial charge in [-0.15, -0.1) is 0 Å². The fraction of sp³-hybridized carbons (Fsp3) is 0.333. The number of nitrogens with one attached hydrogen (secondary N) is 1. The number of hydrogen-bond acceptors (Lipinski definition) is 4. The smallest absolute Gasteiger partial charge is 0.326 e. The van der Waals surface area contributed by atoms with E-state index >= 15 is 0 Å². The van der Waals surface area contributed by atoms with Crippen molar-refractivity contribution in [3.8, 4) is 5.69 Å². The quantitative estimate of drug-likeness (QED) is 0.748. The number of aryl methyl sites for hydroxylation is 1. The first-order chi connectivity index (χ1) is 12.7. The number of para-hydroxylation sites is 1. The number of halogens is 1. The lowest BCUT2D eigenvalue weighted by Gasteiger charge is -2.26. The molecule has 2 rings (SSSR count). The summed E-state index contributed by atoms with van der Waals surface area (Å²) in [5, 5.41) is 16.7. The summed E-state index contributed by atoms with van der Waals surface area (Å²) < 4.78 is 1.49. The number of carboxylic acid groups (broad SMARTS) is 1.